The largest absolute Gasteiger partial charge is 0.483 e. The third-order valence-corrected chi connectivity index (χ3v) is 0.829. The van der Waals surface area contributed by atoms with Crippen molar-refractivity contribution in [1.82, 2.24) is 5.32 Å². The van der Waals surface area contributed by atoms with Gasteiger partial charge in [-0.3, -0.25) is 9.59 Å². The molecule has 0 heterocycles. The third-order valence-electron chi connectivity index (χ3n) is 0.829. The van der Waals surface area contributed by atoms with Gasteiger partial charge in [0.2, 0.25) is 0 Å². The Morgan fingerprint density at radius 1 is 1.73 bits per heavy atom. The molecule has 6 heteroatoms. The van der Waals surface area contributed by atoms with E-state index in [0.29, 0.717) is 0 Å². The molecular formula is C5H11NO5. The van der Waals surface area contributed by atoms with Gasteiger partial charge in [-0.15, -0.1) is 0 Å². The molecule has 0 aliphatic carbocycles. The minimum Gasteiger partial charge on any atom is -0.483 e. The van der Waals surface area contributed by atoms with Gasteiger partial charge in [0.25, 0.3) is 6.47 Å². The van der Waals surface area contributed by atoms with Gasteiger partial charge < -0.3 is 20.6 Å². The van der Waals surface area contributed by atoms with Crippen LogP contribution in [0.5, 0.6) is 0 Å². The summed E-state index contributed by atoms with van der Waals surface area (Å²) < 4.78 is 0. The molecule has 66 valence electrons. The van der Waals surface area contributed by atoms with Gasteiger partial charge in [0, 0.05) is 0 Å². The lowest BCUT2D eigenvalue weighted by Gasteiger charge is -2.04. The van der Waals surface area contributed by atoms with Crippen molar-refractivity contribution in [1.29, 1.82) is 0 Å². The van der Waals surface area contributed by atoms with Crippen molar-refractivity contribution in [2.24, 2.45) is 0 Å². The predicted molar refractivity (Wildman–Crippen MR) is 36.3 cm³/mol. The Hall–Kier alpha value is -1.14. The number of hydrogen-bond acceptors (Lipinski definition) is 4. The molecule has 6 nitrogen and oxygen atoms in total. The average molecular weight is 165 g/mol. The van der Waals surface area contributed by atoms with Crippen LogP contribution < -0.4 is 5.32 Å². The molecule has 4 N–H and O–H groups in total. The maximum Gasteiger partial charge on any atom is 0.323 e. The van der Waals surface area contributed by atoms with E-state index in [1.54, 1.807) is 0 Å². The fourth-order valence-electron chi connectivity index (χ4n) is 0.293. The highest BCUT2D eigenvalue weighted by molar-refractivity contribution is 5.73. The first-order valence-electron chi connectivity index (χ1n) is 2.72. The molecule has 0 radical (unpaired) electrons. The number of carboxylic acids is 1. The summed E-state index contributed by atoms with van der Waals surface area (Å²) in [5, 5.41) is 25.7. The molecular weight excluding hydrogens is 154 g/mol. The molecule has 0 amide bonds. The van der Waals surface area contributed by atoms with Crippen LogP contribution in [0.25, 0.3) is 0 Å². The molecule has 0 rings (SSSR count). The van der Waals surface area contributed by atoms with Gasteiger partial charge in [0.15, 0.2) is 0 Å². The predicted octanol–water partition coefficient (Wildman–Crippen LogP) is -1.65. The van der Waals surface area contributed by atoms with E-state index in [1.807, 2.05) is 0 Å². The van der Waals surface area contributed by atoms with Crippen molar-refractivity contribution < 1.29 is 24.9 Å². The van der Waals surface area contributed by atoms with Gasteiger partial charge in [0.05, 0.1) is 6.61 Å². The molecule has 0 aromatic carbocycles. The van der Waals surface area contributed by atoms with Crippen LogP contribution in [0, 0.1) is 0 Å². The summed E-state index contributed by atoms with van der Waals surface area (Å²) in [6, 6.07) is -0.824. The third kappa shape index (κ3) is 8.86. The molecule has 0 saturated carbocycles. The van der Waals surface area contributed by atoms with Gasteiger partial charge >= 0.3 is 5.97 Å². The fourth-order valence-corrected chi connectivity index (χ4v) is 0.293. The molecule has 0 aliphatic heterocycles. The highest BCUT2D eigenvalue weighted by atomic mass is 16.4. The summed E-state index contributed by atoms with van der Waals surface area (Å²) in [4.78, 5) is 18.3. The zero-order valence-electron chi connectivity index (χ0n) is 6.02. The van der Waals surface area contributed by atoms with Crippen molar-refractivity contribution in [3.63, 3.8) is 0 Å². The minimum atomic E-state index is -1.03. The van der Waals surface area contributed by atoms with Crippen molar-refractivity contribution in [3.8, 4) is 0 Å². The number of aliphatic carboxylic acids is 1. The lowest BCUT2D eigenvalue weighted by Crippen LogP contribution is -2.36. The molecule has 1 atom stereocenters. The van der Waals surface area contributed by atoms with Crippen molar-refractivity contribution in [2.45, 2.75) is 6.04 Å². The van der Waals surface area contributed by atoms with E-state index in [9.17, 15) is 4.79 Å². The topological polar surface area (TPSA) is 107 Å². The molecule has 0 spiro atoms. The van der Waals surface area contributed by atoms with Crippen molar-refractivity contribution in [3.05, 3.63) is 0 Å². The summed E-state index contributed by atoms with van der Waals surface area (Å²) in [5.74, 6) is -1.03. The summed E-state index contributed by atoms with van der Waals surface area (Å²) in [6.45, 7) is -0.619. The first-order valence-corrected chi connectivity index (χ1v) is 2.72. The van der Waals surface area contributed by atoms with Crippen molar-refractivity contribution >= 4 is 12.4 Å². The van der Waals surface area contributed by atoms with Crippen LogP contribution in [0.15, 0.2) is 0 Å². The van der Waals surface area contributed by atoms with E-state index in [-0.39, 0.29) is 13.1 Å². The number of aliphatic hydroxyl groups is 1. The Bertz CT molecular complexity index is 111. The first kappa shape index (κ1) is 12.5. The van der Waals surface area contributed by atoms with Crippen LogP contribution in [0.4, 0.5) is 0 Å². The smallest absolute Gasteiger partial charge is 0.323 e. The molecule has 0 saturated heterocycles. The lowest BCUT2D eigenvalue weighted by atomic mass is 10.3. The van der Waals surface area contributed by atoms with E-state index in [0.717, 1.165) is 0 Å². The molecule has 0 aromatic rings. The van der Waals surface area contributed by atoms with Crippen LogP contribution >= 0.6 is 0 Å². The van der Waals surface area contributed by atoms with E-state index < -0.39 is 12.0 Å². The number of likely N-dealkylation sites (N-methyl/N-ethyl adjacent to an activating group) is 1. The second-order valence-electron chi connectivity index (χ2n) is 1.47. The van der Waals surface area contributed by atoms with Gasteiger partial charge in [-0.2, -0.15) is 0 Å². The summed E-state index contributed by atoms with van der Waals surface area (Å²) >= 11 is 0. The average Bonchev–Trinajstić information content (AvgIpc) is 1.91. The Morgan fingerprint density at radius 3 is 2.09 bits per heavy atom. The Labute approximate surface area is 63.5 Å². The molecule has 0 bridgehead atoms. The monoisotopic (exact) mass is 165 g/mol. The Morgan fingerprint density at radius 2 is 2.09 bits per heavy atom. The summed E-state index contributed by atoms with van der Waals surface area (Å²) in [7, 11) is 1.48. The highest BCUT2D eigenvalue weighted by Crippen LogP contribution is 1.76. The SMILES string of the molecule is CN[C@@H](CO)C(=O)O.O=CO. The molecule has 0 unspecified atom stereocenters. The van der Waals surface area contributed by atoms with E-state index >= 15 is 0 Å². The summed E-state index contributed by atoms with van der Waals surface area (Å²) in [6.07, 6.45) is 0. The molecule has 0 aliphatic rings. The number of aliphatic hydroxyl groups excluding tert-OH is 1. The highest BCUT2D eigenvalue weighted by Gasteiger charge is 2.11. The number of carbonyl (C=O) groups is 2. The molecule has 0 aromatic heterocycles. The zero-order valence-corrected chi connectivity index (χ0v) is 6.02. The number of hydrogen-bond donors (Lipinski definition) is 4. The fraction of sp³-hybridized carbons (Fsp3) is 0.600. The maximum absolute atomic E-state index is 9.94. The number of rotatable bonds is 3. The standard InChI is InChI=1S/C4H9NO3.CH2O2/c1-5-3(2-6)4(7)8;2-1-3/h3,5-6H,2H2,1H3,(H,7,8);1H,(H,2,3)/t3-;/m0./s1. The normalized spacial score (nSPS) is 10.7. The van der Waals surface area contributed by atoms with Crippen LogP contribution in [0.3, 0.4) is 0 Å². The number of nitrogens with one attached hydrogen (secondary N) is 1. The molecule has 11 heavy (non-hydrogen) atoms. The van der Waals surface area contributed by atoms with Crippen molar-refractivity contribution in [2.75, 3.05) is 13.7 Å². The van der Waals surface area contributed by atoms with E-state index in [1.165, 1.54) is 7.05 Å². The van der Waals surface area contributed by atoms with Crippen LogP contribution in [-0.4, -0.2) is 47.5 Å². The second-order valence-corrected chi connectivity index (χ2v) is 1.47. The van der Waals surface area contributed by atoms with Crippen LogP contribution in [0.1, 0.15) is 0 Å². The van der Waals surface area contributed by atoms with Gasteiger partial charge in [-0.25, -0.2) is 0 Å². The zero-order chi connectivity index (χ0) is 9.28. The van der Waals surface area contributed by atoms with Gasteiger partial charge in [0.1, 0.15) is 6.04 Å². The minimum absolute atomic E-state index is 0.250. The lowest BCUT2D eigenvalue weighted by molar-refractivity contribution is -0.140. The Kier molecular flexibility index (Phi) is 10.1. The Balaban J connectivity index is 0. The van der Waals surface area contributed by atoms with E-state index in [2.05, 4.69) is 5.32 Å². The summed E-state index contributed by atoms with van der Waals surface area (Å²) in [5.41, 5.74) is 0. The maximum atomic E-state index is 9.94. The van der Waals surface area contributed by atoms with Gasteiger partial charge in [-0.1, -0.05) is 0 Å². The van der Waals surface area contributed by atoms with Crippen LogP contribution in [0.2, 0.25) is 0 Å². The first-order chi connectivity index (χ1) is 5.13. The molecule has 0 fully saturated rings. The van der Waals surface area contributed by atoms with Crippen LogP contribution in [-0.2, 0) is 9.59 Å². The number of carboxylic acid groups (broad SMARTS) is 2. The van der Waals surface area contributed by atoms with E-state index in [4.69, 9.17) is 20.1 Å². The quantitative estimate of drug-likeness (QED) is 0.373. The van der Waals surface area contributed by atoms with Gasteiger partial charge in [-0.05, 0) is 7.05 Å². The second kappa shape index (κ2) is 8.86.